The van der Waals surface area contributed by atoms with E-state index >= 15 is 0 Å². The Kier molecular flexibility index (Phi) is 8.43. The molecule has 1 aliphatic rings. The van der Waals surface area contributed by atoms with Crippen molar-refractivity contribution in [3.63, 3.8) is 0 Å². The summed E-state index contributed by atoms with van der Waals surface area (Å²) in [4.78, 5) is 23.2. The van der Waals surface area contributed by atoms with Crippen molar-refractivity contribution in [3.05, 3.63) is 52.7 Å². The van der Waals surface area contributed by atoms with Crippen molar-refractivity contribution in [3.8, 4) is 0 Å². The van der Waals surface area contributed by atoms with Gasteiger partial charge in [0.05, 0.1) is 0 Å². The number of hydrogen-bond acceptors (Lipinski definition) is 4. The van der Waals surface area contributed by atoms with Gasteiger partial charge in [0.1, 0.15) is 6.54 Å². The van der Waals surface area contributed by atoms with Crippen LogP contribution >= 0.6 is 23.1 Å². The maximum absolute atomic E-state index is 12.0. The number of carbonyl (C=O) groups excluding carboxylic acids is 1. The minimum Gasteiger partial charge on any atom is -0.356 e. The quantitative estimate of drug-likeness (QED) is 0.396. The number of guanidine groups is 1. The predicted octanol–water partition coefficient (Wildman–Crippen LogP) is 3.44. The second-order valence-electron chi connectivity index (χ2n) is 7.41. The SMILES string of the molecule is CN(C)C(=O)CN=C(NCCc1cccs1)N1CCC(CSc2ccccc2)C1. The van der Waals surface area contributed by atoms with E-state index in [9.17, 15) is 4.79 Å². The standard InChI is InChI=1S/C22H30N4OS2/c1-25(2)21(27)15-24-22(23-12-10-20-9-6-14-28-20)26-13-11-18(16-26)17-29-19-7-4-3-5-8-19/h3-9,14,18H,10-13,15-17H2,1-2H3,(H,23,24). The largest absolute Gasteiger partial charge is 0.356 e. The van der Waals surface area contributed by atoms with Crippen molar-refractivity contribution < 1.29 is 4.79 Å². The molecule has 1 aliphatic heterocycles. The summed E-state index contributed by atoms with van der Waals surface area (Å²) in [6.07, 6.45) is 2.13. The Labute approximate surface area is 182 Å². The zero-order valence-electron chi connectivity index (χ0n) is 17.2. The molecule has 0 saturated carbocycles. The molecule has 5 nitrogen and oxygen atoms in total. The van der Waals surface area contributed by atoms with Crippen LogP contribution in [-0.4, -0.2) is 67.7 Å². The predicted molar refractivity (Wildman–Crippen MR) is 124 cm³/mol. The number of nitrogens with zero attached hydrogens (tertiary/aromatic N) is 3. The number of thioether (sulfide) groups is 1. The number of likely N-dealkylation sites (N-methyl/N-ethyl adjacent to an activating group) is 1. The van der Waals surface area contributed by atoms with E-state index in [0.717, 1.165) is 44.2 Å². The van der Waals surface area contributed by atoms with Gasteiger partial charge >= 0.3 is 0 Å². The second kappa shape index (κ2) is 11.3. The summed E-state index contributed by atoms with van der Waals surface area (Å²) < 4.78 is 0. The van der Waals surface area contributed by atoms with Gasteiger partial charge in [0.25, 0.3) is 0 Å². The number of carbonyl (C=O) groups is 1. The van der Waals surface area contributed by atoms with E-state index in [1.165, 1.54) is 9.77 Å². The van der Waals surface area contributed by atoms with Crippen molar-refractivity contribution in [1.29, 1.82) is 0 Å². The van der Waals surface area contributed by atoms with Crippen LogP contribution in [0.5, 0.6) is 0 Å². The molecule has 1 aromatic heterocycles. The summed E-state index contributed by atoms with van der Waals surface area (Å²) in [5.74, 6) is 2.63. The topological polar surface area (TPSA) is 47.9 Å². The fourth-order valence-electron chi connectivity index (χ4n) is 3.20. The van der Waals surface area contributed by atoms with Gasteiger partial charge in [-0.05, 0) is 42.3 Å². The molecule has 1 atom stereocenters. The number of nitrogens with one attached hydrogen (secondary N) is 1. The van der Waals surface area contributed by atoms with Crippen LogP contribution in [0, 0.1) is 5.92 Å². The molecule has 156 valence electrons. The third kappa shape index (κ3) is 7.08. The molecule has 0 spiro atoms. The highest BCUT2D eigenvalue weighted by Crippen LogP contribution is 2.25. The Morgan fingerprint density at radius 3 is 2.83 bits per heavy atom. The van der Waals surface area contributed by atoms with Crippen LogP contribution in [-0.2, 0) is 11.2 Å². The van der Waals surface area contributed by atoms with Crippen LogP contribution in [0.15, 0.2) is 57.7 Å². The van der Waals surface area contributed by atoms with Gasteiger partial charge in [0.2, 0.25) is 5.91 Å². The zero-order chi connectivity index (χ0) is 20.5. The summed E-state index contributed by atoms with van der Waals surface area (Å²) in [7, 11) is 3.54. The van der Waals surface area contributed by atoms with E-state index in [-0.39, 0.29) is 12.5 Å². The average molecular weight is 431 g/mol. The van der Waals surface area contributed by atoms with Crippen molar-refractivity contribution in [2.24, 2.45) is 10.9 Å². The van der Waals surface area contributed by atoms with Gasteiger partial charge < -0.3 is 15.1 Å². The maximum Gasteiger partial charge on any atom is 0.243 e. The molecule has 0 bridgehead atoms. The van der Waals surface area contributed by atoms with E-state index in [1.807, 2.05) is 11.8 Å². The zero-order valence-corrected chi connectivity index (χ0v) is 18.8. The summed E-state index contributed by atoms with van der Waals surface area (Å²) >= 11 is 3.70. The average Bonchev–Trinajstić information content (AvgIpc) is 3.41. The van der Waals surface area contributed by atoms with Crippen LogP contribution < -0.4 is 5.32 Å². The molecule has 2 aromatic rings. The lowest BCUT2D eigenvalue weighted by atomic mass is 10.2. The third-order valence-electron chi connectivity index (χ3n) is 4.91. The van der Waals surface area contributed by atoms with E-state index in [4.69, 9.17) is 0 Å². The molecular weight excluding hydrogens is 400 g/mol. The molecular formula is C22H30N4OS2. The number of rotatable bonds is 8. The lowest BCUT2D eigenvalue weighted by Crippen LogP contribution is -2.42. The van der Waals surface area contributed by atoms with Gasteiger partial charge in [-0.15, -0.1) is 23.1 Å². The number of benzene rings is 1. The van der Waals surface area contributed by atoms with E-state index in [0.29, 0.717) is 5.92 Å². The Morgan fingerprint density at radius 2 is 2.10 bits per heavy atom. The first-order valence-corrected chi connectivity index (χ1v) is 11.9. The molecule has 1 saturated heterocycles. The highest BCUT2D eigenvalue weighted by atomic mass is 32.2. The van der Waals surface area contributed by atoms with E-state index < -0.39 is 0 Å². The Hall–Kier alpha value is -1.99. The summed E-state index contributed by atoms with van der Waals surface area (Å²) in [6, 6.07) is 14.8. The second-order valence-corrected chi connectivity index (χ2v) is 9.53. The van der Waals surface area contributed by atoms with Gasteiger partial charge in [0, 0.05) is 49.3 Å². The fraction of sp³-hybridized carbons (Fsp3) is 0.455. The number of hydrogen-bond donors (Lipinski definition) is 1. The first kappa shape index (κ1) is 21.7. The molecule has 1 amide bonds. The van der Waals surface area contributed by atoms with Gasteiger partial charge in [-0.2, -0.15) is 0 Å². The normalized spacial score (nSPS) is 16.8. The molecule has 3 rings (SSSR count). The molecule has 1 N–H and O–H groups in total. The number of thiophene rings is 1. The smallest absolute Gasteiger partial charge is 0.243 e. The summed E-state index contributed by atoms with van der Waals surface area (Å²) in [5, 5.41) is 5.60. The van der Waals surface area contributed by atoms with Gasteiger partial charge in [-0.3, -0.25) is 4.79 Å². The molecule has 1 aromatic carbocycles. The molecule has 29 heavy (non-hydrogen) atoms. The first-order chi connectivity index (χ1) is 14.1. The molecule has 0 aliphatic carbocycles. The molecule has 0 radical (unpaired) electrons. The van der Waals surface area contributed by atoms with Gasteiger partial charge in [-0.1, -0.05) is 24.3 Å². The molecule has 1 unspecified atom stereocenters. The lowest BCUT2D eigenvalue weighted by Gasteiger charge is -2.22. The first-order valence-electron chi connectivity index (χ1n) is 10.1. The summed E-state index contributed by atoms with van der Waals surface area (Å²) in [6.45, 7) is 2.99. The lowest BCUT2D eigenvalue weighted by molar-refractivity contribution is -0.127. The Bertz CT molecular complexity index is 777. The van der Waals surface area contributed by atoms with Crippen molar-refractivity contribution >= 4 is 35.0 Å². The van der Waals surface area contributed by atoms with Crippen molar-refractivity contribution in [2.45, 2.75) is 17.7 Å². The molecule has 7 heteroatoms. The van der Waals surface area contributed by atoms with Gasteiger partial charge in [-0.25, -0.2) is 4.99 Å². The summed E-state index contributed by atoms with van der Waals surface area (Å²) in [5.41, 5.74) is 0. The van der Waals surface area contributed by atoms with Crippen molar-refractivity contribution in [2.75, 3.05) is 46.0 Å². The van der Waals surface area contributed by atoms with E-state index in [1.54, 1.807) is 30.3 Å². The maximum atomic E-state index is 12.0. The monoisotopic (exact) mass is 430 g/mol. The fourth-order valence-corrected chi connectivity index (χ4v) is 4.95. The number of amides is 1. The van der Waals surface area contributed by atoms with Gasteiger partial charge in [0.15, 0.2) is 5.96 Å². The van der Waals surface area contributed by atoms with E-state index in [2.05, 4.69) is 63.1 Å². The van der Waals surface area contributed by atoms with Crippen LogP contribution in [0.25, 0.3) is 0 Å². The minimum atomic E-state index is 0.0259. The van der Waals surface area contributed by atoms with Crippen LogP contribution in [0.2, 0.25) is 0 Å². The highest BCUT2D eigenvalue weighted by Gasteiger charge is 2.25. The Balaban J connectivity index is 1.54. The number of likely N-dealkylation sites (tertiary alicyclic amines) is 1. The molecule has 2 heterocycles. The van der Waals surface area contributed by atoms with Crippen LogP contribution in [0.4, 0.5) is 0 Å². The third-order valence-corrected chi connectivity index (χ3v) is 7.09. The molecule has 1 fully saturated rings. The Morgan fingerprint density at radius 1 is 1.28 bits per heavy atom. The van der Waals surface area contributed by atoms with Crippen molar-refractivity contribution in [1.82, 2.24) is 15.1 Å². The van der Waals surface area contributed by atoms with Crippen LogP contribution in [0.3, 0.4) is 0 Å². The number of aliphatic imine (C=N–C) groups is 1. The minimum absolute atomic E-state index is 0.0259. The highest BCUT2D eigenvalue weighted by molar-refractivity contribution is 7.99. The van der Waals surface area contributed by atoms with Crippen LogP contribution in [0.1, 0.15) is 11.3 Å².